The van der Waals surface area contributed by atoms with Gasteiger partial charge in [-0.15, -0.1) is 0 Å². The molecule has 2 aromatic rings. The van der Waals surface area contributed by atoms with Crippen molar-refractivity contribution in [2.75, 3.05) is 24.2 Å². The number of aliphatic hydroxyl groups excluding tert-OH is 1. The lowest BCUT2D eigenvalue weighted by Gasteiger charge is -2.12. The molecule has 0 saturated heterocycles. The highest BCUT2D eigenvalue weighted by atomic mass is 16.3. The fourth-order valence-electron chi connectivity index (χ4n) is 2.55. The second-order valence-electron chi connectivity index (χ2n) is 4.96. The average Bonchev–Trinajstić information content (AvgIpc) is 3.04. The van der Waals surface area contributed by atoms with Gasteiger partial charge in [-0.1, -0.05) is 0 Å². The summed E-state index contributed by atoms with van der Waals surface area (Å²) in [4.78, 5) is 15.9. The SMILES string of the molecule is CNc1nc(NCC2CCC(O)C2)c2[nH]cnc2n1. The zero-order valence-electron chi connectivity index (χ0n) is 10.8. The van der Waals surface area contributed by atoms with Gasteiger partial charge in [0.05, 0.1) is 12.4 Å². The molecule has 2 aromatic heterocycles. The fraction of sp³-hybridized carbons (Fsp3) is 0.583. The van der Waals surface area contributed by atoms with E-state index in [0.717, 1.165) is 37.1 Å². The minimum atomic E-state index is -0.141. The smallest absolute Gasteiger partial charge is 0.226 e. The molecule has 0 aromatic carbocycles. The number of nitrogens with zero attached hydrogens (tertiary/aromatic N) is 3. The van der Waals surface area contributed by atoms with Crippen molar-refractivity contribution in [2.45, 2.75) is 25.4 Å². The Labute approximate surface area is 110 Å². The second kappa shape index (κ2) is 5.00. The number of nitrogens with one attached hydrogen (secondary N) is 3. The average molecular weight is 262 g/mol. The summed E-state index contributed by atoms with van der Waals surface area (Å²) < 4.78 is 0. The molecule has 2 atom stereocenters. The van der Waals surface area contributed by atoms with Gasteiger partial charge in [-0.25, -0.2) is 4.98 Å². The molecule has 2 unspecified atom stereocenters. The van der Waals surface area contributed by atoms with Gasteiger partial charge >= 0.3 is 0 Å². The Hall–Kier alpha value is -1.89. The third-order valence-electron chi connectivity index (χ3n) is 3.58. The van der Waals surface area contributed by atoms with E-state index in [1.807, 2.05) is 0 Å². The highest BCUT2D eigenvalue weighted by molar-refractivity contribution is 5.83. The molecule has 2 heterocycles. The van der Waals surface area contributed by atoms with Crippen LogP contribution in [0, 0.1) is 5.92 Å². The Kier molecular flexibility index (Phi) is 3.20. The largest absolute Gasteiger partial charge is 0.393 e. The van der Waals surface area contributed by atoms with Crippen LogP contribution in [0.4, 0.5) is 11.8 Å². The zero-order valence-corrected chi connectivity index (χ0v) is 10.8. The third kappa shape index (κ3) is 2.46. The van der Waals surface area contributed by atoms with E-state index < -0.39 is 0 Å². The Morgan fingerprint density at radius 1 is 1.42 bits per heavy atom. The highest BCUT2D eigenvalue weighted by Gasteiger charge is 2.22. The Morgan fingerprint density at radius 3 is 3.05 bits per heavy atom. The van der Waals surface area contributed by atoms with Crippen molar-refractivity contribution in [1.29, 1.82) is 0 Å². The molecular formula is C12H18N6O. The standard InChI is InChI=1S/C12H18N6O/c1-13-12-17-10(9-11(18-12)16-6-15-9)14-5-7-2-3-8(19)4-7/h6-8,19H,2-5H2,1H3,(H3,13,14,15,16,17,18). The van der Waals surface area contributed by atoms with Crippen LogP contribution in [0.5, 0.6) is 0 Å². The monoisotopic (exact) mass is 262 g/mol. The number of aromatic amines is 1. The van der Waals surface area contributed by atoms with E-state index in [9.17, 15) is 5.11 Å². The molecule has 102 valence electrons. The molecule has 0 bridgehead atoms. The summed E-state index contributed by atoms with van der Waals surface area (Å²) in [6.45, 7) is 0.811. The van der Waals surface area contributed by atoms with Crippen molar-refractivity contribution in [2.24, 2.45) is 5.92 Å². The number of hydrogen-bond donors (Lipinski definition) is 4. The van der Waals surface area contributed by atoms with Gasteiger partial charge in [-0.2, -0.15) is 9.97 Å². The fourth-order valence-corrected chi connectivity index (χ4v) is 2.55. The topological polar surface area (TPSA) is 98.8 Å². The van der Waals surface area contributed by atoms with Crippen LogP contribution in [0.2, 0.25) is 0 Å². The Morgan fingerprint density at radius 2 is 2.32 bits per heavy atom. The van der Waals surface area contributed by atoms with E-state index in [1.54, 1.807) is 13.4 Å². The summed E-state index contributed by atoms with van der Waals surface area (Å²) >= 11 is 0. The minimum absolute atomic E-state index is 0.141. The molecule has 19 heavy (non-hydrogen) atoms. The summed E-state index contributed by atoms with van der Waals surface area (Å²) in [6, 6.07) is 0. The van der Waals surface area contributed by atoms with Crippen LogP contribution in [0.15, 0.2) is 6.33 Å². The Bertz CT molecular complexity index is 568. The van der Waals surface area contributed by atoms with E-state index >= 15 is 0 Å². The maximum absolute atomic E-state index is 9.54. The van der Waals surface area contributed by atoms with Gasteiger partial charge in [-0.3, -0.25) is 0 Å². The van der Waals surface area contributed by atoms with Gasteiger partial charge in [0, 0.05) is 13.6 Å². The zero-order chi connectivity index (χ0) is 13.2. The van der Waals surface area contributed by atoms with Gasteiger partial charge in [0.2, 0.25) is 5.95 Å². The first-order chi connectivity index (χ1) is 9.26. The second-order valence-corrected chi connectivity index (χ2v) is 4.96. The summed E-state index contributed by atoms with van der Waals surface area (Å²) in [6.07, 6.45) is 4.30. The molecule has 7 nitrogen and oxygen atoms in total. The molecule has 7 heteroatoms. The van der Waals surface area contributed by atoms with Gasteiger partial charge in [-0.05, 0) is 25.2 Å². The summed E-state index contributed by atoms with van der Waals surface area (Å²) in [5, 5.41) is 15.8. The first-order valence-corrected chi connectivity index (χ1v) is 6.57. The summed E-state index contributed by atoms with van der Waals surface area (Å²) in [7, 11) is 1.78. The molecule has 1 aliphatic rings. The molecule has 0 radical (unpaired) electrons. The summed E-state index contributed by atoms with van der Waals surface area (Å²) in [5.41, 5.74) is 1.46. The first kappa shape index (κ1) is 12.2. The molecular weight excluding hydrogens is 244 g/mol. The van der Waals surface area contributed by atoms with Crippen LogP contribution in [0.3, 0.4) is 0 Å². The van der Waals surface area contributed by atoms with Gasteiger partial charge in [0.1, 0.15) is 5.52 Å². The quantitative estimate of drug-likeness (QED) is 0.655. The number of imidazole rings is 1. The molecule has 3 rings (SSSR count). The molecule has 1 saturated carbocycles. The van der Waals surface area contributed by atoms with Crippen molar-refractivity contribution < 1.29 is 5.11 Å². The van der Waals surface area contributed by atoms with Crippen LogP contribution in [-0.2, 0) is 0 Å². The molecule has 0 amide bonds. The van der Waals surface area contributed by atoms with Crippen LogP contribution >= 0.6 is 0 Å². The van der Waals surface area contributed by atoms with E-state index in [-0.39, 0.29) is 6.10 Å². The van der Waals surface area contributed by atoms with Gasteiger partial charge in [0.25, 0.3) is 0 Å². The molecule has 1 aliphatic carbocycles. The predicted molar refractivity (Wildman–Crippen MR) is 73.1 cm³/mol. The summed E-state index contributed by atoms with van der Waals surface area (Å²) in [5.74, 6) is 1.81. The first-order valence-electron chi connectivity index (χ1n) is 6.57. The normalized spacial score (nSPS) is 22.8. The van der Waals surface area contributed by atoms with Crippen LogP contribution in [0.1, 0.15) is 19.3 Å². The lowest BCUT2D eigenvalue weighted by Crippen LogP contribution is -2.14. The minimum Gasteiger partial charge on any atom is -0.393 e. The lowest BCUT2D eigenvalue weighted by atomic mass is 10.1. The van der Waals surface area contributed by atoms with Crippen LogP contribution in [-0.4, -0.2) is 44.7 Å². The van der Waals surface area contributed by atoms with Crippen molar-refractivity contribution in [3.05, 3.63) is 6.33 Å². The number of hydrogen-bond acceptors (Lipinski definition) is 6. The van der Waals surface area contributed by atoms with Crippen molar-refractivity contribution in [3.63, 3.8) is 0 Å². The number of fused-ring (bicyclic) bond motifs is 1. The van der Waals surface area contributed by atoms with Crippen molar-refractivity contribution in [1.82, 2.24) is 19.9 Å². The van der Waals surface area contributed by atoms with Crippen molar-refractivity contribution in [3.8, 4) is 0 Å². The lowest BCUT2D eigenvalue weighted by molar-refractivity contribution is 0.178. The van der Waals surface area contributed by atoms with E-state index in [1.165, 1.54) is 0 Å². The molecule has 4 N–H and O–H groups in total. The molecule has 0 spiro atoms. The van der Waals surface area contributed by atoms with Gasteiger partial charge < -0.3 is 20.7 Å². The number of aromatic nitrogens is 4. The van der Waals surface area contributed by atoms with Crippen LogP contribution in [0.25, 0.3) is 11.2 Å². The van der Waals surface area contributed by atoms with Gasteiger partial charge in [0.15, 0.2) is 11.5 Å². The van der Waals surface area contributed by atoms with E-state index in [0.29, 0.717) is 17.5 Å². The van der Waals surface area contributed by atoms with E-state index in [2.05, 4.69) is 30.6 Å². The number of H-pyrrole nitrogens is 1. The number of aliphatic hydroxyl groups is 1. The highest BCUT2D eigenvalue weighted by Crippen LogP contribution is 2.26. The number of rotatable bonds is 4. The van der Waals surface area contributed by atoms with Crippen LogP contribution < -0.4 is 10.6 Å². The predicted octanol–water partition coefficient (Wildman–Crippen LogP) is 0.967. The Balaban J connectivity index is 1.77. The number of anilines is 2. The molecule has 0 aliphatic heterocycles. The maximum Gasteiger partial charge on any atom is 0.226 e. The van der Waals surface area contributed by atoms with Crippen molar-refractivity contribution >= 4 is 22.9 Å². The maximum atomic E-state index is 9.54. The van der Waals surface area contributed by atoms with E-state index in [4.69, 9.17) is 0 Å². The molecule has 1 fully saturated rings. The third-order valence-corrected chi connectivity index (χ3v) is 3.58.